The molecule has 1 aromatic carbocycles. The molecule has 2 rings (SSSR count). The molecule has 0 bridgehead atoms. The van der Waals surface area contributed by atoms with Crippen molar-refractivity contribution in [3.05, 3.63) is 35.4 Å². The SMILES string of the molecule is CC(C)CCNC(=O)C(=O)NCC1N=NC(=O)c2ccccc21. The lowest BCUT2D eigenvalue weighted by Crippen LogP contribution is -2.42. The van der Waals surface area contributed by atoms with E-state index >= 15 is 0 Å². The Kier molecular flexibility index (Phi) is 5.56. The lowest BCUT2D eigenvalue weighted by molar-refractivity contribution is -0.139. The molecule has 122 valence electrons. The van der Waals surface area contributed by atoms with Gasteiger partial charge in [0.15, 0.2) is 0 Å². The van der Waals surface area contributed by atoms with Gasteiger partial charge in [-0.3, -0.25) is 14.4 Å². The smallest absolute Gasteiger partial charge is 0.309 e. The fourth-order valence-electron chi connectivity index (χ4n) is 2.20. The molecule has 1 unspecified atom stereocenters. The van der Waals surface area contributed by atoms with Gasteiger partial charge in [0.05, 0.1) is 0 Å². The second kappa shape index (κ2) is 7.62. The van der Waals surface area contributed by atoms with Crippen molar-refractivity contribution in [2.45, 2.75) is 26.3 Å². The molecular weight excluding hydrogens is 296 g/mol. The molecule has 0 spiro atoms. The van der Waals surface area contributed by atoms with Crippen LogP contribution in [0.5, 0.6) is 0 Å². The second-order valence-electron chi connectivity index (χ2n) is 5.77. The highest BCUT2D eigenvalue weighted by atomic mass is 16.2. The summed E-state index contributed by atoms with van der Waals surface area (Å²) in [6, 6.07) is 6.51. The van der Waals surface area contributed by atoms with Crippen LogP contribution in [0.15, 0.2) is 34.5 Å². The van der Waals surface area contributed by atoms with Gasteiger partial charge in [-0.05, 0) is 24.0 Å². The number of hydrogen-bond acceptors (Lipinski definition) is 4. The quantitative estimate of drug-likeness (QED) is 0.807. The topological polar surface area (TPSA) is 100.0 Å². The fraction of sp³-hybridized carbons (Fsp3) is 0.438. The normalized spacial score (nSPS) is 16.1. The minimum Gasteiger partial charge on any atom is -0.348 e. The van der Waals surface area contributed by atoms with E-state index in [1.165, 1.54) is 0 Å². The molecular formula is C16H20N4O3. The molecule has 3 amide bonds. The highest BCUT2D eigenvalue weighted by Crippen LogP contribution is 2.26. The minimum atomic E-state index is -0.710. The Hall–Kier alpha value is -2.57. The van der Waals surface area contributed by atoms with E-state index < -0.39 is 23.8 Å². The average Bonchev–Trinajstić information content (AvgIpc) is 2.53. The number of carbonyl (C=O) groups is 3. The Bertz CT molecular complexity index is 640. The monoisotopic (exact) mass is 316 g/mol. The molecule has 1 atom stereocenters. The molecule has 2 N–H and O–H groups in total. The van der Waals surface area contributed by atoms with Crippen LogP contribution < -0.4 is 10.6 Å². The van der Waals surface area contributed by atoms with Crippen LogP contribution in [0, 0.1) is 5.92 Å². The van der Waals surface area contributed by atoms with Crippen LogP contribution >= 0.6 is 0 Å². The molecule has 1 heterocycles. The number of carbonyl (C=O) groups excluding carboxylic acids is 3. The van der Waals surface area contributed by atoms with Crippen molar-refractivity contribution in [3.8, 4) is 0 Å². The standard InChI is InChI=1S/C16H20N4O3/c1-10(2)7-8-17-15(22)16(23)18-9-13-11-5-3-4-6-12(11)14(21)20-19-13/h3-6,10,13H,7-9H2,1-2H3,(H,17,22)(H,18,23). The van der Waals surface area contributed by atoms with Gasteiger partial charge in [-0.1, -0.05) is 32.0 Å². The number of nitrogens with one attached hydrogen (secondary N) is 2. The van der Waals surface area contributed by atoms with Gasteiger partial charge in [0.1, 0.15) is 6.04 Å². The Morgan fingerprint density at radius 3 is 2.61 bits per heavy atom. The summed E-state index contributed by atoms with van der Waals surface area (Å²) in [7, 11) is 0. The zero-order valence-corrected chi connectivity index (χ0v) is 13.2. The maximum Gasteiger partial charge on any atom is 0.309 e. The van der Waals surface area contributed by atoms with E-state index in [0.717, 1.165) is 6.42 Å². The van der Waals surface area contributed by atoms with Crippen molar-refractivity contribution < 1.29 is 14.4 Å². The highest BCUT2D eigenvalue weighted by molar-refractivity contribution is 6.35. The Balaban J connectivity index is 1.88. The third-order valence-corrected chi connectivity index (χ3v) is 3.51. The number of azo groups is 1. The number of fused-ring (bicyclic) bond motifs is 1. The van der Waals surface area contributed by atoms with E-state index in [0.29, 0.717) is 23.6 Å². The van der Waals surface area contributed by atoms with Crippen LogP contribution in [-0.2, 0) is 9.59 Å². The van der Waals surface area contributed by atoms with E-state index in [9.17, 15) is 14.4 Å². The van der Waals surface area contributed by atoms with Crippen LogP contribution in [0.1, 0.15) is 42.2 Å². The first-order valence-corrected chi connectivity index (χ1v) is 7.59. The van der Waals surface area contributed by atoms with Crippen molar-refractivity contribution >= 4 is 17.7 Å². The molecule has 1 aliphatic heterocycles. The van der Waals surface area contributed by atoms with E-state index in [4.69, 9.17) is 0 Å². The van der Waals surface area contributed by atoms with Crippen molar-refractivity contribution in [3.63, 3.8) is 0 Å². The van der Waals surface area contributed by atoms with Crippen LogP contribution in [0.2, 0.25) is 0 Å². The molecule has 0 saturated heterocycles. The van der Waals surface area contributed by atoms with Gasteiger partial charge in [0.25, 0.3) is 5.91 Å². The minimum absolute atomic E-state index is 0.115. The number of amides is 3. The van der Waals surface area contributed by atoms with E-state index in [-0.39, 0.29) is 6.54 Å². The van der Waals surface area contributed by atoms with E-state index in [1.54, 1.807) is 24.3 Å². The zero-order valence-electron chi connectivity index (χ0n) is 13.2. The van der Waals surface area contributed by atoms with Crippen molar-refractivity contribution in [2.24, 2.45) is 16.1 Å². The molecule has 23 heavy (non-hydrogen) atoms. The number of benzene rings is 1. The first-order chi connectivity index (χ1) is 11.0. The first kappa shape index (κ1) is 16.8. The number of rotatable bonds is 5. The van der Waals surface area contributed by atoms with Crippen molar-refractivity contribution in [1.29, 1.82) is 0 Å². The molecule has 0 radical (unpaired) electrons. The third-order valence-electron chi connectivity index (χ3n) is 3.51. The lowest BCUT2D eigenvalue weighted by Gasteiger charge is -2.18. The number of hydrogen-bond donors (Lipinski definition) is 2. The van der Waals surface area contributed by atoms with Gasteiger partial charge in [-0.25, -0.2) is 0 Å². The summed E-state index contributed by atoms with van der Waals surface area (Å²) < 4.78 is 0. The predicted molar refractivity (Wildman–Crippen MR) is 83.8 cm³/mol. The summed E-state index contributed by atoms with van der Waals surface area (Å²) in [6.45, 7) is 4.66. The van der Waals surface area contributed by atoms with Gasteiger partial charge in [0.2, 0.25) is 0 Å². The number of nitrogens with zero attached hydrogens (tertiary/aromatic N) is 2. The Morgan fingerprint density at radius 1 is 1.17 bits per heavy atom. The van der Waals surface area contributed by atoms with Crippen LogP contribution in [0.4, 0.5) is 0 Å². The molecule has 0 aromatic heterocycles. The zero-order chi connectivity index (χ0) is 16.8. The van der Waals surface area contributed by atoms with Crippen molar-refractivity contribution in [1.82, 2.24) is 10.6 Å². The summed E-state index contributed by atoms with van der Waals surface area (Å²) in [5.74, 6) is -1.31. The van der Waals surface area contributed by atoms with Crippen LogP contribution in [0.25, 0.3) is 0 Å². The van der Waals surface area contributed by atoms with Gasteiger partial charge in [-0.15, -0.1) is 5.11 Å². The van der Waals surface area contributed by atoms with Crippen LogP contribution in [0.3, 0.4) is 0 Å². The van der Waals surface area contributed by atoms with Gasteiger partial charge in [0, 0.05) is 18.7 Å². The van der Waals surface area contributed by atoms with Gasteiger partial charge >= 0.3 is 11.8 Å². The predicted octanol–water partition coefficient (Wildman–Crippen LogP) is 1.61. The van der Waals surface area contributed by atoms with Crippen LogP contribution in [-0.4, -0.2) is 30.8 Å². The molecule has 7 heteroatoms. The maximum absolute atomic E-state index is 11.8. The average molecular weight is 316 g/mol. The largest absolute Gasteiger partial charge is 0.348 e. The fourth-order valence-corrected chi connectivity index (χ4v) is 2.20. The summed E-state index contributed by atoms with van der Waals surface area (Å²) in [4.78, 5) is 35.1. The molecule has 7 nitrogen and oxygen atoms in total. The molecule has 0 saturated carbocycles. The van der Waals surface area contributed by atoms with Crippen molar-refractivity contribution in [2.75, 3.05) is 13.1 Å². The Labute approximate surface area is 134 Å². The highest BCUT2D eigenvalue weighted by Gasteiger charge is 2.24. The Morgan fingerprint density at radius 2 is 1.87 bits per heavy atom. The van der Waals surface area contributed by atoms with E-state index in [1.807, 2.05) is 13.8 Å². The van der Waals surface area contributed by atoms with E-state index in [2.05, 4.69) is 20.9 Å². The lowest BCUT2D eigenvalue weighted by atomic mass is 9.99. The summed E-state index contributed by atoms with van der Waals surface area (Å²) in [5, 5.41) is 12.6. The summed E-state index contributed by atoms with van der Waals surface area (Å²) in [5.41, 5.74) is 1.18. The molecule has 1 aromatic rings. The van der Waals surface area contributed by atoms with Gasteiger partial charge in [-0.2, -0.15) is 5.11 Å². The van der Waals surface area contributed by atoms with Gasteiger partial charge < -0.3 is 10.6 Å². The summed E-state index contributed by atoms with van der Waals surface area (Å²) >= 11 is 0. The molecule has 1 aliphatic rings. The molecule has 0 aliphatic carbocycles. The second-order valence-corrected chi connectivity index (χ2v) is 5.77. The summed E-state index contributed by atoms with van der Waals surface area (Å²) in [6.07, 6.45) is 0.811. The maximum atomic E-state index is 11.8. The first-order valence-electron chi connectivity index (χ1n) is 7.59. The third kappa shape index (κ3) is 4.45. The molecule has 0 fully saturated rings.